The van der Waals surface area contributed by atoms with Gasteiger partial charge in [-0.2, -0.15) is 0 Å². The number of rotatable bonds is 3. The lowest BCUT2D eigenvalue weighted by molar-refractivity contribution is 0.0950. The molecule has 1 heterocycles. The van der Waals surface area contributed by atoms with Crippen molar-refractivity contribution in [3.05, 3.63) is 41.5 Å². The molecule has 1 aliphatic carbocycles. The molecule has 1 aromatic carbocycles. The Morgan fingerprint density at radius 1 is 1.27 bits per heavy atom. The van der Waals surface area contributed by atoms with Crippen molar-refractivity contribution in [1.82, 2.24) is 4.98 Å². The first-order valence-electron chi connectivity index (χ1n) is 7.58. The highest BCUT2D eigenvalue weighted by atomic mass is 32.2. The third-order valence-electron chi connectivity index (χ3n) is 3.95. The van der Waals surface area contributed by atoms with Crippen molar-refractivity contribution >= 4 is 17.5 Å². The van der Waals surface area contributed by atoms with Crippen LogP contribution in [0.2, 0.25) is 0 Å². The topological polar surface area (TPSA) is 50.2 Å². The number of carbonyl (C=O) groups is 1. The number of pyridine rings is 1. The van der Waals surface area contributed by atoms with E-state index in [1.807, 2.05) is 18.2 Å². The van der Waals surface area contributed by atoms with Gasteiger partial charge in [0.2, 0.25) is 5.88 Å². The summed E-state index contributed by atoms with van der Waals surface area (Å²) >= 11 is 1.71. The number of hydrogen-bond donors (Lipinski definition) is 1. The van der Waals surface area contributed by atoms with E-state index in [-0.39, 0.29) is 11.7 Å². The van der Waals surface area contributed by atoms with Crippen molar-refractivity contribution in [2.24, 2.45) is 5.92 Å². The zero-order valence-electron chi connectivity index (χ0n) is 12.8. The second-order valence-corrected chi connectivity index (χ2v) is 7.02. The third kappa shape index (κ3) is 2.75. The van der Waals surface area contributed by atoms with Gasteiger partial charge in [-0.1, -0.05) is 26.0 Å². The molecule has 0 radical (unpaired) electrons. The lowest BCUT2D eigenvalue weighted by Gasteiger charge is -2.25. The molecule has 1 N–H and O–H groups in total. The minimum Gasteiger partial charge on any atom is -0.493 e. The van der Waals surface area contributed by atoms with Crippen molar-refractivity contribution in [2.45, 2.75) is 31.6 Å². The van der Waals surface area contributed by atoms with Gasteiger partial charge < -0.3 is 5.11 Å². The minimum absolute atomic E-state index is 0.00782. The van der Waals surface area contributed by atoms with Crippen molar-refractivity contribution in [1.29, 1.82) is 0 Å². The van der Waals surface area contributed by atoms with E-state index in [9.17, 15) is 9.90 Å². The minimum atomic E-state index is 0.00782. The summed E-state index contributed by atoms with van der Waals surface area (Å²) < 4.78 is 0. The van der Waals surface area contributed by atoms with Crippen LogP contribution in [0.1, 0.15) is 36.2 Å². The number of ketones is 1. The molecule has 1 aliphatic rings. The molecule has 114 valence electrons. The van der Waals surface area contributed by atoms with Gasteiger partial charge in [-0.05, 0) is 35.8 Å². The molecule has 3 nitrogen and oxygen atoms in total. The molecule has 0 bridgehead atoms. The summed E-state index contributed by atoms with van der Waals surface area (Å²) in [5.74, 6) is 1.53. The molecule has 1 aromatic heterocycles. The first kappa shape index (κ1) is 15.1. The molecule has 4 heteroatoms. The summed E-state index contributed by atoms with van der Waals surface area (Å²) in [6, 6.07) is 9.27. The number of nitrogens with zero attached hydrogens (tertiary/aromatic N) is 1. The first-order chi connectivity index (χ1) is 10.6. The van der Waals surface area contributed by atoms with Crippen LogP contribution in [-0.4, -0.2) is 21.6 Å². The van der Waals surface area contributed by atoms with Gasteiger partial charge in [0.15, 0.2) is 5.78 Å². The van der Waals surface area contributed by atoms with E-state index < -0.39 is 0 Å². The monoisotopic (exact) mass is 313 g/mol. The lowest BCUT2D eigenvalue weighted by Crippen LogP contribution is -2.20. The SMILES string of the molecule is CCSc1ccc(-c2cccc(O)n2)c2c1C(=O)CC(C)C2. The Kier molecular flexibility index (Phi) is 4.21. The normalized spacial score (nSPS) is 17.4. The van der Waals surface area contributed by atoms with E-state index >= 15 is 0 Å². The number of benzene rings is 1. The van der Waals surface area contributed by atoms with Crippen LogP contribution in [0, 0.1) is 5.92 Å². The average molecular weight is 313 g/mol. The Hall–Kier alpha value is -1.81. The van der Waals surface area contributed by atoms with Gasteiger partial charge in [0.1, 0.15) is 0 Å². The molecule has 0 aliphatic heterocycles. The first-order valence-corrected chi connectivity index (χ1v) is 8.57. The Bertz CT molecular complexity index is 727. The molecule has 0 amide bonds. The van der Waals surface area contributed by atoms with Gasteiger partial charge in [-0.25, -0.2) is 4.98 Å². The van der Waals surface area contributed by atoms with Crippen LogP contribution in [0.5, 0.6) is 5.88 Å². The molecule has 2 aromatic rings. The Morgan fingerprint density at radius 2 is 2.09 bits per heavy atom. The quantitative estimate of drug-likeness (QED) is 0.857. The maximum atomic E-state index is 12.6. The third-order valence-corrected chi connectivity index (χ3v) is 4.89. The van der Waals surface area contributed by atoms with E-state index in [1.165, 1.54) is 0 Å². The average Bonchev–Trinajstić information content (AvgIpc) is 2.47. The fourth-order valence-corrected chi connectivity index (χ4v) is 3.93. The molecule has 3 rings (SSSR count). The van der Waals surface area contributed by atoms with Gasteiger partial charge in [-0.15, -0.1) is 11.8 Å². The van der Waals surface area contributed by atoms with Crippen LogP contribution < -0.4 is 0 Å². The fraction of sp³-hybridized carbons (Fsp3) is 0.333. The Morgan fingerprint density at radius 3 is 2.82 bits per heavy atom. The molecule has 0 spiro atoms. The second kappa shape index (κ2) is 6.13. The number of aromatic nitrogens is 1. The van der Waals surface area contributed by atoms with Crippen LogP contribution in [0.15, 0.2) is 35.2 Å². The Balaban J connectivity index is 2.20. The van der Waals surface area contributed by atoms with Crippen molar-refractivity contribution < 1.29 is 9.90 Å². The van der Waals surface area contributed by atoms with Crippen molar-refractivity contribution in [2.75, 3.05) is 5.75 Å². The number of aromatic hydroxyl groups is 1. The van der Waals surface area contributed by atoms with Gasteiger partial charge in [0.25, 0.3) is 0 Å². The van der Waals surface area contributed by atoms with Crippen LogP contribution in [-0.2, 0) is 6.42 Å². The molecule has 1 atom stereocenters. The van der Waals surface area contributed by atoms with Gasteiger partial charge in [0.05, 0.1) is 5.69 Å². The number of Topliss-reactive ketones (excluding diaryl/α,β-unsaturated/α-hetero) is 1. The van der Waals surface area contributed by atoms with E-state index in [2.05, 4.69) is 18.8 Å². The lowest BCUT2D eigenvalue weighted by atomic mass is 9.81. The smallest absolute Gasteiger partial charge is 0.211 e. The van der Waals surface area contributed by atoms with Crippen molar-refractivity contribution in [3.63, 3.8) is 0 Å². The van der Waals surface area contributed by atoms with Gasteiger partial charge in [-0.3, -0.25) is 4.79 Å². The van der Waals surface area contributed by atoms with E-state index in [4.69, 9.17) is 0 Å². The number of fused-ring (bicyclic) bond motifs is 1. The van der Waals surface area contributed by atoms with Gasteiger partial charge >= 0.3 is 0 Å². The van der Waals surface area contributed by atoms with Crippen LogP contribution >= 0.6 is 11.8 Å². The summed E-state index contributed by atoms with van der Waals surface area (Å²) in [6.07, 6.45) is 1.49. The van der Waals surface area contributed by atoms with Gasteiger partial charge in [0, 0.05) is 28.5 Å². The standard InChI is InChI=1S/C18H19NO2S/c1-3-22-16-8-7-12(14-5-4-6-17(21)19-14)13-9-11(2)10-15(20)18(13)16/h4-8,11H,3,9-10H2,1-2H3,(H,19,21). The molecule has 0 saturated carbocycles. The molecular weight excluding hydrogens is 294 g/mol. The van der Waals surface area contributed by atoms with Crippen LogP contribution in [0.25, 0.3) is 11.3 Å². The summed E-state index contributed by atoms with van der Waals surface area (Å²) in [4.78, 5) is 17.8. The fourth-order valence-electron chi connectivity index (χ4n) is 3.07. The van der Waals surface area contributed by atoms with Crippen LogP contribution in [0.4, 0.5) is 0 Å². The summed E-state index contributed by atoms with van der Waals surface area (Å²) in [6.45, 7) is 4.21. The molecule has 1 unspecified atom stereocenters. The van der Waals surface area contributed by atoms with E-state index in [1.54, 1.807) is 23.9 Å². The zero-order valence-corrected chi connectivity index (χ0v) is 13.6. The summed E-state index contributed by atoms with van der Waals surface area (Å²) in [5.41, 5.74) is 3.64. The molecule has 22 heavy (non-hydrogen) atoms. The molecule has 0 saturated heterocycles. The van der Waals surface area contributed by atoms with E-state index in [0.29, 0.717) is 12.3 Å². The maximum Gasteiger partial charge on any atom is 0.211 e. The highest BCUT2D eigenvalue weighted by Crippen LogP contribution is 2.38. The number of carbonyl (C=O) groups excluding carboxylic acids is 1. The number of hydrogen-bond acceptors (Lipinski definition) is 4. The van der Waals surface area contributed by atoms with Crippen molar-refractivity contribution in [3.8, 4) is 17.1 Å². The zero-order chi connectivity index (χ0) is 15.7. The summed E-state index contributed by atoms with van der Waals surface area (Å²) in [5, 5.41) is 9.64. The maximum absolute atomic E-state index is 12.6. The predicted octanol–water partition coefficient (Wildman–Crippen LogP) is 4.33. The van der Waals surface area contributed by atoms with Crippen LogP contribution in [0.3, 0.4) is 0 Å². The molecular formula is C18H19NO2S. The van der Waals surface area contributed by atoms with E-state index in [0.717, 1.165) is 39.5 Å². The predicted molar refractivity (Wildman–Crippen MR) is 89.6 cm³/mol. The highest BCUT2D eigenvalue weighted by molar-refractivity contribution is 7.99. The largest absolute Gasteiger partial charge is 0.493 e. The summed E-state index contributed by atoms with van der Waals surface area (Å²) in [7, 11) is 0. The second-order valence-electron chi connectivity index (χ2n) is 5.72. The molecule has 0 fully saturated rings. The highest BCUT2D eigenvalue weighted by Gasteiger charge is 2.28. The Labute approximate surface area is 134 Å². The number of thioether (sulfide) groups is 1.